The standard InChI is InChI=1S/C30H45N3O6.C18H19NO3/c1-29(2,3)32(27(36)37)23(17-21-13-9-7-10-14-21)25(34)19-31-20-26(35)24(18-22-15-11-8-12-16-22)33(28(38)39)30(4,5)6;1-19-8-7-18-11-4-5-13(20)17(18)22-16-14(21-2)6-3-10(15(16)18)9-12(11)19/h7-16,23-26,31,34-35H,17-20H2,1-6H3,(H,36,37)(H,38,39);3-6,11-12,17H,7-9H2,1-2H3/t23-,24-,25-,26-;11-,12+,17-,18-/m00/s1. The summed E-state index contributed by atoms with van der Waals surface area (Å²) in [6.07, 6.45) is 1.68. The molecule has 2 amide bonds. The van der Waals surface area contributed by atoms with Gasteiger partial charge in [-0.25, -0.2) is 9.59 Å². The van der Waals surface area contributed by atoms with Crippen LogP contribution in [-0.2, 0) is 29.5 Å². The summed E-state index contributed by atoms with van der Waals surface area (Å²) < 4.78 is 11.7. The monoisotopic (exact) mass is 840 g/mol. The molecule has 1 spiro atoms. The number of rotatable bonds is 13. The number of nitrogens with zero attached hydrogens (tertiary/aromatic N) is 3. The summed E-state index contributed by atoms with van der Waals surface area (Å²) in [5.41, 5.74) is 2.66. The maximum Gasteiger partial charge on any atom is 0.408 e. The van der Waals surface area contributed by atoms with E-state index < -0.39 is 47.6 Å². The van der Waals surface area contributed by atoms with E-state index in [2.05, 4.69) is 29.4 Å². The van der Waals surface area contributed by atoms with Gasteiger partial charge in [-0.15, -0.1) is 0 Å². The molecule has 3 aromatic rings. The van der Waals surface area contributed by atoms with Crippen molar-refractivity contribution in [3.05, 3.63) is 107 Å². The van der Waals surface area contributed by atoms with Crippen LogP contribution in [0.1, 0.15) is 70.2 Å². The highest BCUT2D eigenvalue weighted by Gasteiger charge is 2.64. The first kappa shape index (κ1) is 45.6. The number of carbonyl (C=O) groups excluding carboxylic acids is 1. The molecule has 2 aliphatic heterocycles. The van der Waals surface area contributed by atoms with Crippen molar-refractivity contribution >= 4 is 18.0 Å². The smallest absolute Gasteiger partial charge is 0.408 e. The fourth-order valence-electron chi connectivity index (χ4n) is 10.2. The number of aliphatic hydroxyl groups is 2. The minimum absolute atomic E-state index is 0.00899. The third kappa shape index (κ3) is 9.30. The summed E-state index contributed by atoms with van der Waals surface area (Å²) in [4.78, 5) is 42.0. The highest BCUT2D eigenvalue weighted by atomic mass is 16.5. The predicted octanol–water partition coefficient (Wildman–Crippen LogP) is 5.79. The van der Waals surface area contributed by atoms with Crippen molar-refractivity contribution in [1.29, 1.82) is 0 Å². The van der Waals surface area contributed by atoms with Crippen molar-refractivity contribution in [2.75, 3.05) is 33.8 Å². The van der Waals surface area contributed by atoms with Crippen LogP contribution in [0.2, 0.25) is 0 Å². The number of nitrogens with one attached hydrogen (secondary N) is 1. The number of benzene rings is 3. The lowest BCUT2D eigenvalue weighted by atomic mass is 9.53. The van der Waals surface area contributed by atoms with Crippen molar-refractivity contribution in [3.63, 3.8) is 0 Å². The van der Waals surface area contributed by atoms with Crippen LogP contribution in [0.3, 0.4) is 0 Å². The van der Waals surface area contributed by atoms with Gasteiger partial charge < -0.3 is 40.1 Å². The van der Waals surface area contributed by atoms with Crippen LogP contribution in [0, 0.1) is 5.92 Å². The Labute approximate surface area is 360 Å². The van der Waals surface area contributed by atoms with E-state index in [-0.39, 0.29) is 30.4 Å². The van der Waals surface area contributed by atoms with Crippen LogP contribution in [0.15, 0.2) is 84.9 Å². The molecule has 8 atom stereocenters. The molecule has 0 aromatic heterocycles. The molecule has 2 heterocycles. The number of ketones is 1. The molecule has 5 N–H and O–H groups in total. The average molecular weight is 841 g/mol. The number of hydrogen-bond acceptors (Lipinski definition) is 9. The van der Waals surface area contributed by atoms with E-state index >= 15 is 0 Å². The van der Waals surface area contributed by atoms with Crippen LogP contribution in [0.4, 0.5) is 9.59 Å². The Hall–Kier alpha value is -4.95. The van der Waals surface area contributed by atoms with Crippen LogP contribution < -0.4 is 14.8 Å². The number of carbonyl (C=O) groups is 3. The van der Waals surface area contributed by atoms with E-state index in [0.29, 0.717) is 24.8 Å². The fraction of sp³-hybridized carbons (Fsp3) is 0.521. The second-order valence-corrected chi connectivity index (χ2v) is 18.9. The largest absolute Gasteiger partial charge is 0.493 e. The van der Waals surface area contributed by atoms with Gasteiger partial charge in [0.2, 0.25) is 0 Å². The number of ether oxygens (including phenoxy) is 2. The number of amides is 2. The molecule has 0 radical (unpaired) electrons. The van der Waals surface area contributed by atoms with Gasteiger partial charge in [0.1, 0.15) is 0 Å². The lowest BCUT2D eigenvalue weighted by Gasteiger charge is -2.55. The van der Waals surface area contributed by atoms with Crippen molar-refractivity contribution in [2.24, 2.45) is 5.92 Å². The summed E-state index contributed by atoms with van der Waals surface area (Å²) in [6, 6.07) is 21.9. The van der Waals surface area contributed by atoms with Crippen LogP contribution in [-0.4, -0.2) is 134 Å². The van der Waals surface area contributed by atoms with Crippen LogP contribution in [0.25, 0.3) is 0 Å². The molecule has 3 aromatic carbocycles. The van der Waals surface area contributed by atoms with E-state index in [9.17, 15) is 34.8 Å². The third-order valence-corrected chi connectivity index (χ3v) is 12.9. The average Bonchev–Trinajstić information content (AvgIpc) is 3.55. The highest BCUT2D eigenvalue weighted by Crippen LogP contribution is 2.61. The summed E-state index contributed by atoms with van der Waals surface area (Å²) in [5.74, 6) is 2.03. The number of aliphatic hydroxyl groups excluding tert-OH is 2. The molecule has 1 fully saturated rings. The zero-order valence-electron chi connectivity index (χ0n) is 36.7. The van der Waals surface area contributed by atoms with Gasteiger partial charge in [-0.1, -0.05) is 72.8 Å². The normalized spacial score (nSPS) is 23.3. The third-order valence-electron chi connectivity index (χ3n) is 12.9. The quantitative estimate of drug-likeness (QED) is 0.141. The lowest BCUT2D eigenvalue weighted by molar-refractivity contribution is -0.127. The summed E-state index contributed by atoms with van der Waals surface area (Å²) in [5, 5.41) is 45.5. The Bertz CT molecular complexity index is 1970. The van der Waals surface area contributed by atoms with E-state index in [4.69, 9.17) is 9.47 Å². The Balaban J connectivity index is 0.000000234. The Morgan fingerprint density at radius 1 is 0.852 bits per heavy atom. The van der Waals surface area contributed by atoms with E-state index in [1.54, 1.807) is 54.7 Å². The molecule has 0 unspecified atom stereocenters. The first-order chi connectivity index (χ1) is 28.8. The van der Waals surface area contributed by atoms with Gasteiger partial charge in [-0.2, -0.15) is 0 Å². The first-order valence-electron chi connectivity index (χ1n) is 21.3. The van der Waals surface area contributed by atoms with Crippen molar-refractivity contribution in [2.45, 2.75) is 120 Å². The van der Waals surface area contributed by atoms with Gasteiger partial charge in [-0.3, -0.25) is 14.6 Å². The van der Waals surface area contributed by atoms with Crippen LogP contribution in [0.5, 0.6) is 11.5 Å². The fourth-order valence-corrected chi connectivity index (χ4v) is 10.2. The number of piperidine rings is 1. The zero-order chi connectivity index (χ0) is 44.4. The molecule has 13 nitrogen and oxygen atoms in total. The maximum absolute atomic E-state index is 12.5. The molecular weight excluding hydrogens is 777 g/mol. The van der Waals surface area contributed by atoms with E-state index in [0.717, 1.165) is 42.0 Å². The van der Waals surface area contributed by atoms with E-state index in [1.165, 1.54) is 20.9 Å². The summed E-state index contributed by atoms with van der Waals surface area (Å²) >= 11 is 0. The molecule has 2 bridgehead atoms. The second-order valence-electron chi connectivity index (χ2n) is 18.9. The number of likely N-dealkylation sites (N-methyl/N-ethyl adjacent to an activating group) is 1. The molecule has 4 aliphatic rings. The van der Waals surface area contributed by atoms with Gasteiger partial charge >= 0.3 is 12.2 Å². The SMILES string of the molecule is CC(C)(C)N(C(=O)O)[C@@H](Cc1ccccc1)[C@@H](O)CNC[C@H](O)[C@H](Cc1ccccc1)N(C(=O)O)C(C)(C)C.COc1ccc2c3c1O[C@H]1C(=O)C=C[C@H]4[C@@H](C2)N(C)CC[C@]314. The van der Waals surface area contributed by atoms with E-state index in [1.807, 2.05) is 66.7 Å². The van der Waals surface area contributed by atoms with Gasteiger partial charge in [0.05, 0.1) is 36.8 Å². The van der Waals surface area contributed by atoms with Crippen molar-refractivity contribution < 1.29 is 44.3 Å². The molecule has 1 saturated heterocycles. The molecule has 7 rings (SSSR count). The molecule has 61 heavy (non-hydrogen) atoms. The number of carboxylic acid groups (broad SMARTS) is 2. The number of hydrogen-bond donors (Lipinski definition) is 5. The maximum atomic E-state index is 12.5. The molecular formula is C48H64N4O9. The molecule has 13 heteroatoms. The summed E-state index contributed by atoms with van der Waals surface area (Å²) in [7, 11) is 3.86. The van der Waals surface area contributed by atoms with Gasteiger partial charge in [0.15, 0.2) is 23.4 Å². The number of likely N-dealkylation sites (tertiary alicyclic amines) is 1. The van der Waals surface area contributed by atoms with Gasteiger partial charge in [0.25, 0.3) is 0 Å². The molecule has 330 valence electrons. The topological polar surface area (TPSA) is 172 Å². The minimum atomic E-state index is -1.13. The van der Waals surface area contributed by atoms with Crippen LogP contribution >= 0.6 is 0 Å². The Kier molecular flexibility index (Phi) is 13.6. The Morgan fingerprint density at radius 2 is 1.36 bits per heavy atom. The molecule has 0 saturated carbocycles. The first-order valence-corrected chi connectivity index (χ1v) is 21.3. The molecule has 2 aliphatic carbocycles. The summed E-state index contributed by atoms with van der Waals surface area (Å²) in [6.45, 7) is 11.7. The minimum Gasteiger partial charge on any atom is -0.493 e. The number of methoxy groups -OCH3 is 1. The second kappa shape index (κ2) is 18.2. The zero-order valence-corrected chi connectivity index (χ0v) is 36.7. The predicted molar refractivity (Wildman–Crippen MR) is 233 cm³/mol. The van der Waals surface area contributed by atoms with Crippen molar-refractivity contribution in [1.82, 2.24) is 20.0 Å². The van der Waals surface area contributed by atoms with Crippen molar-refractivity contribution in [3.8, 4) is 11.5 Å². The highest BCUT2D eigenvalue weighted by molar-refractivity contribution is 5.98. The Morgan fingerprint density at radius 3 is 1.82 bits per heavy atom. The van der Waals surface area contributed by atoms with Gasteiger partial charge in [0, 0.05) is 41.7 Å². The lowest BCUT2D eigenvalue weighted by Crippen LogP contribution is -2.64. The van der Waals surface area contributed by atoms with Gasteiger partial charge in [-0.05, 0) is 110 Å².